The fraction of sp³-hybridized carbons (Fsp3) is 0.636. The van der Waals surface area contributed by atoms with E-state index in [-0.39, 0.29) is 0 Å². The number of thiophene rings is 1. The first-order chi connectivity index (χ1) is 8.62. The van der Waals surface area contributed by atoms with Gasteiger partial charge in [-0.25, -0.2) is 13.1 Å². The normalized spacial score (nSPS) is 16.1. The molecule has 0 radical (unpaired) electrons. The third kappa shape index (κ3) is 4.24. The second-order valence-electron chi connectivity index (χ2n) is 4.32. The van der Waals surface area contributed by atoms with Crippen LogP contribution in [0.15, 0.2) is 15.7 Å². The van der Waals surface area contributed by atoms with E-state index in [1.165, 1.54) is 24.2 Å². The zero-order valence-electron chi connectivity index (χ0n) is 10.3. The molecule has 7 heteroatoms. The minimum atomic E-state index is -3.31. The highest BCUT2D eigenvalue weighted by Crippen LogP contribution is 2.22. The predicted octanol–water partition coefficient (Wildman–Crippen LogP) is 1.64. The van der Waals surface area contributed by atoms with Gasteiger partial charge < -0.3 is 5.32 Å². The van der Waals surface area contributed by atoms with Gasteiger partial charge in [0.05, 0.1) is 0 Å². The Labute approximate surface area is 117 Å². The second-order valence-corrected chi connectivity index (χ2v) is 8.21. The zero-order valence-corrected chi connectivity index (χ0v) is 12.8. The van der Waals surface area contributed by atoms with Crippen molar-refractivity contribution in [3.05, 3.63) is 17.0 Å². The van der Waals surface area contributed by atoms with Crippen molar-refractivity contribution in [3.8, 4) is 0 Å². The molecule has 1 aromatic heterocycles. The topological polar surface area (TPSA) is 58.2 Å². The molecule has 0 spiro atoms. The molecular formula is C11H18N2O2S3. The van der Waals surface area contributed by atoms with Crippen LogP contribution in [0.5, 0.6) is 0 Å². The van der Waals surface area contributed by atoms with Crippen LogP contribution in [-0.2, 0) is 16.6 Å². The highest BCUT2D eigenvalue weighted by atomic mass is 32.2. The predicted molar refractivity (Wildman–Crippen MR) is 77.8 cm³/mol. The van der Waals surface area contributed by atoms with E-state index in [0.717, 1.165) is 17.9 Å². The lowest BCUT2D eigenvalue weighted by Gasteiger charge is -2.03. The van der Waals surface area contributed by atoms with Crippen molar-refractivity contribution in [3.63, 3.8) is 0 Å². The highest BCUT2D eigenvalue weighted by molar-refractivity contribution is 7.98. The average Bonchev–Trinajstić information content (AvgIpc) is 3.03. The first-order valence-electron chi connectivity index (χ1n) is 5.91. The molecule has 18 heavy (non-hydrogen) atoms. The molecule has 0 saturated heterocycles. The van der Waals surface area contributed by atoms with Crippen LogP contribution in [0.3, 0.4) is 0 Å². The first-order valence-corrected chi connectivity index (χ1v) is 9.67. The van der Waals surface area contributed by atoms with Crippen molar-refractivity contribution < 1.29 is 8.42 Å². The van der Waals surface area contributed by atoms with E-state index in [1.54, 1.807) is 17.8 Å². The van der Waals surface area contributed by atoms with Crippen LogP contribution in [0, 0.1) is 0 Å². The average molecular weight is 306 g/mol. The van der Waals surface area contributed by atoms with Crippen molar-refractivity contribution in [2.24, 2.45) is 0 Å². The largest absolute Gasteiger partial charge is 0.310 e. The zero-order chi connectivity index (χ0) is 13.0. The molecule has 1 aliphatic carbocycles. The lowest BCUT2D eigenvalue weighted by molar-refractivity contribution is 0.586. The van der Waals surface area contributed by atoms with Crippen molar-refractivity contribution in [2.45, 2.75) is 29.6 Å². The molecule has 1 saturated carbocycles. The van der Waals surface area contributed by atoms with Crippen molar-refractivity contribution in [2.75, 3.05) is 18.6 Å². The van der Waals surface area contributed by atoms with Gasteiger partial charge in [0.1, 0.15) is 4.21 Å². The Hall–Kier alpha value is -0.0800. The molecular weight excluding hydrogens is 288 g/mol. The van der Waals surface area contributed by atoms with E-state index in [1.807, 2.05) is 11.6 Å². The summed E-state index contributed by atoms with van der Waals surface area (Å²) in [5.74, 6) is 0.792. The third-order valence-electron chi connectivity index (χ3n) is 2.67. The summed E-state index contributed by atoms with van der Waals surface area (Å²) in [6.45, 7) is 1.25. The number of hydrogen-bond donors (Lipinski definition) is 2. The number of sulfonamides is 1. The smallest absolute Gasteiger partial charge is 0.250 e. The fourth-order valence-electron chi connectivity index (χ4n) is 1.49. The third-order valence-corrected chi connectivity index (χ3v) is 6.23. The van der Waals surface area contributed by atoms with Gasteiger partial charge in [0.2, 0.25) is 10.0 Å². The van der Waals surface area contributed by atoms with Gasteiger partial charge in [-0.2, -0.15) is 11.8 Å². The Morgan fingerprint density at radius 2 is 2.28 bits per heavy atom. The lowest BCUT2D eigenvalue weighted by atomic mass is 10.3. The number of nitrogens with one attached hydrogen (secondary N) is 2. The Bertz CT molecular complexity index is 480. The monoisotopic (exact) mass is 306 g/mol. The molecule has 1 aromatic rings. The maximum atomic E-state index is 11.9. The molecule has 0 aliphatic heterocycles. The summed E-state index contributed by atoms with van der Waals surface area (Å²) in [6, 6.07) is 2.41. The van der Waals surface area contributed by atoms with Gasteiger partial charge in [0.15, 0.2) is 0 Å². The van der Waals surface area contributed by atoms with Crippen LogP contribution in [-0.4, -0.2) is 33.0 Å². The van der Waals surface area contributed by atoms with Crippen LogP contribution in [0.2, 0.25) is 0 Å². The van der Waals surface area contributed by atoms with Crippen LogP contribution in [0.4, 0.5) is 0 Å². The molecule has 4 nitrogen and oxygen atoms in total. The molecule has 0 unspecified atom stereocenters. The quantitative estimate of drug-likeness (QED) is 0.717. The Balaban J connectivity index is 1.90. The van der Waals surface area contributed by atoms with E-state index < -0.39 is 10.0 Å². The molecule has 0 aromatic carbocycles. The van der Waals surface area contributed by atoms with Gasteiger partial charge in [0, 0.05) is 24.9 Å². The van der Waals surface area contributed by atoms with Gasteiger partial charge in [-0.1, -0.05) is 0 Å². The van der Waals surface area contributed by atoms with Crippen molar-refractivity contribution in [1.82, 2.24) is 10.0 Å². The van der Waals surface area contributed by atoms with Gasteiger partial charge in [0.25, 0.3) is 0 Å². The van der Waals surface area contributed by atoms with Gasteiger partial charge in [-0.3, -0.25) is 0 Å². The maximum Gasteiger partial charge on any atom is 0.250 e. The van der Waals surface area contributed by atoms with Crippen LogP contribution in [0.1, 0.15) is 18.4 Å². The standard InChI is InChI=1S/C11H18N2O2S3/c1-16-5-4-13-18(14,15)11-6-9(8-17-11)7-12-10-2-3-10/h6,8,10,12-13H,2-5,7H2,1H3. The van der Waals surface area contributed by atoms with Crippen LogP contribution < -0.4 is 10.0 Å². The molecule has 1 aliphatic rings. The number of hydrogen-bond acceptors (Lipinski definition) is 5. The minimum absolute atomic E-state index is 0.413. The summed E-state index contributed by atoms with van der Waals surface area (Å²) in [7, 11) is -3.31. The van der Waals surface area contributed by atoms with E-state index in [4.69, 9.17) is 0 Å². The summed E-state index contributed by atoms with van der Waals surface area (Å²) in [4.78, 5) is 0. The van der Waals surface area contributed by atoms with Gasteiger partial charge in [-0.05, 0) is 36.1 Å². The lowest BCUT2D eigenvalue weighted by Crippen LogP contribution is -2.25. The summed E-state index contributed by atoms with van der Waals surface area (Å²) < 4.78 is 26.9. The number of thioether (sulfide) groups is 1. The van der Waals surface area contributed by atoms with E-state index >= 15 is 0 Å². The van der Waals surface area contributed by atoms with Crippen molar-refractivity contribution >= 4 is 33.1 Å². The Kier molecular flexibility index (Phi) is 5.08. The van der Waals surface area contributed by atoms with Crippen LogP contribution in [0.25, 0.3) is 0 Å². The first kappa shape index (κ1) is 14.3. The summed E-state index contributed by atoms with van der Waals surface area (Å²) in [6.07, 6.45) is 4.44. The molecule has 2 N–H and O–H groups in total. The molecule has 0 amide bonds. The molecule has 0 atom stereocenters. The molecule has 0 bridgehead atoms. The fourth-order valence-corrected chi connectivity index (χ4v) is 4.21. The summed E-state index contributed by atoms with van der Waals surface area (Å²) >= 11 is 2.92. The molecule has 1 heterocycles. The van der Waals surface area contributed by atoms with Gasteiger partial charge in [-0.15, -0.1) is 11.3 Å². The minimum Gasteiger partial charge on any atom is -0.310 e. The molecule has 2 rings (SSSR count). The second kappa shape index (κ2) is 6.38. The summed E-state index contributed by atoms with van der Waals surface area (Å²) in [5, 5.41) is 5.29. The molecule has 102 valence electrons. The Morgan fingerprint density at radius 1 is 1.50 bits per heavy atom. The van der Waals surface area contributed by atoms with Crippen LogP contribution >= 0.6 is 23.1 Å². The van der Waals surface area contributed by atoms with E-state index in [2.05, 4.69) is 10.0 Å². The SMILES string of the molecule is CSCCNS(=O)(=O)c1cc(CNC2CC2)cs1. The summed E-state index contributed by atoms with van der Waals surface area (Å²) in [5.41, 5.74) is 1.05. The maximum absolute atomic E-state index is 11.9. The Morgan fingerprint density at radius 3 is 2.94 bits per heavy atom. The number of rotatable bonds is 8. The van der Waals surface area contributed by atoms with E-state index in [9.17, 15) is 8.42 Å². The highest BCUT2D eigenvalue weighted by Gasteiger charge is 2.21. The van der Waals surface area contributed by atoms with Crippen molar-refractivity contribution in [1.29, 1.82) is 0 Å². The van der Waals surface area contributed by atoms with Gasteiger partial charge >= 0.3 is 0 Å². The molecule has 1 fully saturated rings. The van der Waals surface area contributed by atoms with E-state index in [0.29, 0.717) is 16.8 Å².